The lowest BCUT2D eigenvalue weighted by molar-refractivity contribution is 0.175. The number of benzene rings is 1. The number of carbonyl (C=O) groups excluding carboxylic acids is 1. The molecule has 6 heteroatoms. The fourth-order valence-corrected chi connectivity index (χ4v) is 2.84. The van der Waals surface area contributed by atoms with Crippen molar-refractivity contribution >= 4 is 22.4 Å². The molecular formula is C15H16N2O3S. The first-order valence-corrected chi connectivity index (χ1v) is 7.62. The zero-order valence-corrected chi connectivity index (χ0v) is 12.2. The minimum Gasteiger partial charge on any atom is -0.493 e. The number of hydrogen-bond acceptors (Lipinski definition) is 4. The number of thiophene rings is 1. The number of fused-ring (bicyclic) bond motifs is 1. The van der Waals surface area contributed by atoms with E-state index in [0.717, 1.165) is 28.3 Å². The van der Waals surface area contributed by atoms with Crippen LogP contribution < -0.4 is 15.4 Å². The van der Waals surface area contributed by atoms with Crippen LogP contribution in [0.1, 0.15) is 17.2 Å². The maximum atomic E-state index is 11.7. The van der Waals surface area contributed by atoms with Gasteiger partial charge in [-0.1, -0.05) is 6.07 Å². The van der Waals surface area contributed by atoms with Crippen LogP contribution in [-0.2, 0) is 6.42 Å². The maximum Gasteiger partial charge on any atom is 0.319 e. The first-order chi connectivity index (χ1) is 10.2. The summed E-state index contributed by atoms with van der Waals surface area (Å²) in [5.41, 5.74) is 1.89. The van der Waals surface area contributed by atoms with Gasteiger partial charge in [-0.15, -0.1) is 11.3 Å². The SMILES string of the molecule is O=C(NC[C@@H](O)c1ccc2c(c1)CCO2)Nc1cccs1. The number of amides is 2. The van der Waals surface area contributed by atoms with Gasteiger partial charge in [0.05, 0.1) is 17.7 Å². The van der Waals surface area contributed by atoms with Crippen molar-refractivity contribution in [1.29, 1.82) is 0 Å². The molecule has 1 aromatic carbocycles. The minimum atomic E-state index is -0.731. The van der Waals surface area contributed by atoms with E-state index < -0.39 is 6.10 Å². The quantitative estimate of drug-likeness (QED) is 0.813. The fourth-order valence-electron chi connectivity index (χ4n) is 2.23. The Morgan fingerprint density at radius 1 is 1.43 bits per heavy atom. The van der Waals surface area contributed by atoms with Gasteiger partial charge in [0.15, 0.2) is 0 Å². The van der Waals surface area contributed by atoms with Crippen LogP contribution in [-0.4, -0.2) is 24.3 Å². The van der Waals surface area contributed by atoms with Crippen molar-refractivity contribution in [2.24, 2.45) is 0 Å². The Balaban J connectivity index is 1.54. The van der Waals surface area contributed by atoms with Crippen LogP contribution in [0.3, 0.4) is 0 Å². The van der Waals surface area contributed by atoms with Gasteiger partial charge in [-0.2, -0.15) is 0 Å². The number of anilines is 1. The Labute approximate surface area is 126 Å². The number of aliphatic hydroxyl groups excluding tert-OH is 1. The molecule has 0 spiro atoms. The lowest BCUT2D eigenvalue weighted by Crippen LogP contribution is -2.32. The number of rotatable bonds is 4. The number of urea groups is 1. The third kappa shape index (κ3) is 3.34. The molecule has 5 nitrogen and oxygen atoms in total. The Morgan fingerprint density at radius 3 is 3.14 bits per heavy atom. The molecule has 1 atom stereocenters. The van der Waals surface area contributed by atoms with Gasteiger partial charge >= 0.3 is 6.03 Å². The summed E-state index contributed by atoms with van der Waals surface area (Å²) in [4.78, 5) is 11.7. The molecule has 0 aliphatic carbocycles. The Kier molecular flexibility index (Phi) is 4.08. The Hall–Kier alpha value is -2.05. The van der Waals surface area contributed by atoms with Gasteiger partial charge in [0.1, 0.15) is 5.75 Å². The van der Waals surface area contributed by atoms with Crippen molar-refractivity contribution in [2.75, 3.05) is 18.5 Å². The van der Waals surface area contributed by atoms with E-state index >= 15 is 0 Å². The normalized spacial score (nSPS) is 14.1. The van der Waals surface area contributed by atoms with E-state index in [1.54, 1.807) is 0 Å². The minimum absolute atomic E-state index is 0.164. The summed E-state index contributed by atoms with van der Waals surface area (Å²) in [5, 5.41) is 18.2. The van der Waals surface area contributed by atoms with Crippen molar-refractivity contribution in [3.63, 3.8) is 0 Å². The topological polar surface area (TPSA) is 70.6 Å². The lowest BCUT2D eigenvalue weighted by Gasteiger charge is -2.13. The molecule has 1 aliphatic rings. The highest BCUT2D eigenvalue weighted by Gasteiger charge is 2.16. The molecule has 0 saturated heterocycles. The van der Waals surface area contributed by atoms with Crippen LogP contribution in [0.25, 0.3) is 0 Å². The van der Waals surface area contributed by atoms with Crippen molar-refractivity contribution in [3.8, 4) is 5.75 Å². The highest BCUT2D eigenvalue weighted by atomic mass is 32.1. The number of carbonyl (C=O) groups is 1. The predicted octanol–water partition coefficient (Wildman–Crippen LogP) is 2.54. The van der Waals surface area contributed by atoms with Crippen molar-refractivity contribution in [1.82, 2.24) is 5.32 Å². The van der Waals surface area contributed by atoms with Crippen LogP contribution in [0, 0.1) is 0 Å². The molecule has 0 bridgehead atoms. The molecule has 0 saturated carbocycles. The smallest absolute Gasteiger partial charge is 0.319 e. The van der Waals surface area contributed by atoms with Gasteiger partial charge < -0.3 is 15.2 Å². The molecule has 0 radical (unpaired) electrons. The van der Waals surface area contributed by atoms with E-state index in [2.05, 4.69) is 10.6 Å². The summed E-state index contributed by atoms with van der Waals surface area (Å²) < 4.78 is 5.43. The predicted molar refractivity (Wildman–Crippen MR) is 81.9 cm³/mol. The van der Waals surface area contributed by atoms with E-state index in [-0.39, 0.29) is 12.6 Å². The van der Waals surface area contributed by atoms with Gasteiger partial charge in [0, 0.05) is 13.0 Å². The average molecular weight is 304 g/mol. The zero-order valence-electron chi connectivity index (χ0n) is 11.3. The molecule has 2 aromatic rings. The van der Waals surface area contributed by atoms with Gasteiger partial charge in [-0.25, -0.2) is 4.79 Å². The largest absolute Gasteiger partial charge is 0.493 e. The highest BCUT2D eigenvalue weighted by molar-refractivity contribution is 7.14. The summed E-state index contributed by atoms with van der Waals surface area (Å²) in [6, 6.07) is 9.00. The van der Waals surface area contributed by atoms with E-state index in [4.69, 9.17) is 4.74 Å². The van der Waals surface area contributed by atoms with Crippen molar-refractivity contribution < 1.29 is 14.6 Å². The molecule has 2 heterocycles. The molecule has 1 aromatic heterocycles. The zero-order chi connectivity index (χ0) is 14.7. The average Bonchev–Trinajstić information content (AvgIpc) is 3.14. The maximum absolute atomic E-state index is 11.7. The van der Waals surface area contributed by atoms with Crippen LogP contribution in [0.15, 0.2) is 35.7 Å². The molecular weight excluding hydrogens is 288 g/mol. The fraction of sp³-hybridized carbons (Fsp3) is 0.267. The van der Waals surface area contributed by atoms with E-state index in [0.29, 0.717) is 6.61 Å². The highest BCUT2D eigenvalue weighted by Crippen LogP contribution is 2.28. The molecule has 21 heavy (non-hydrogen) atoms. The van der Waals surface area contributed by atoms with Gasteiger partial charge in [-0.05, 0) is 40.8 Å². The number of ether oxygens (including phenoxy) is 1. The van der Waals surface area contributed by atoms with Crippen molar-refractivity contribution in [2.45, 2.75) is 12.5 Å². The van der Waals surface area contributed by atoms with Crippen LogP contribution in [0.5, 0.6) is 5.75 Å². The second-order valence-electron chi connectivity index (χ2n) is 4.79. The molecule has 3 rings (SSSR count). The first kappa shape index (κ1) is 13.9. The number of nitrogens with one attached hydrogen (secondary N) is 2. The summed E-state index contributed by atoms with van der Waals surface area (Å²) >= 11 is 1.45. The van der Waals surface area contributed by atoms with Gasteiger partial charge in [0.25, 0.3) is 0 Å². The second kappa shape index (κ2) is 6.15. The van der Waals surface area contributed by atoms with Crippen molar-refractivity contribution in [3.05, 3.63) is 46.8 Å². The molecule has 3 N–H and O–H groups in total. The lowest BCUT2D eigenvalue weighted by atomic mass is 10.0. The molecule has 1 aliphatic heterocycles. The van der Waals surface area contributed by atoms with Crippen LogP contribution in [0.2, 0.25) is 0 Å². The Bertz CT molecular complexity index is 628. The molecule has 0 fully saturated rings. The van der Waals surface area contributed by atoms with Gasteiger partial charge in [0.2, 0.25) is 0 Å². The molecule has 110 valence electrons. The number of hydrogen-bond donors (Lipinski definition) is 3. The monoisotopic (exact) mass is 304 g/mol. The van der Waals surface area contributed by atoms with E-state index in [1.165, 1.54) is 11.3 Å². The summed E-state index contributed by atoms with van der Waals surface area (Å²) in [6.45, 7) is 0.854. The summed E-state index contributed by atoms with van der Waals surface area (Å²) in [7, 11) is 0. The summed E-state index contributed by atoms with van der Waals surface area (Å²) in [5.74, 6) is 0.884. The third-order valence-electron chi connectivity index (χ3n) is 3.31. The standard InChI is InChI=1S/C15H16N2O3S/c18-12(9-16-15(19)17-14-2-1-7-21-14)10-3-4-13-11(8-10)5-6-20-13/h1-4,7-8,12,18H,5-6,9H2,(H2,16,17,19)/t12-/m1/s1. The third-order valence-corrected chi connectivity index (χ3v) is 4.10. The van der Waals surface area contributed by atoms with E-state index in [1.807, 2.05) is 35.7 Å². The van der Waals surface area contributed by atoms with Crippen LogP contribution >= 0.6 is 11.3 Å². The van der Waals surface area contributed by atoms with Crippen LogP contribution in [0.4, 0.5) is 9.80 Å². The second-order valence-corrected chi connectivity index (χ2v) is 5.74. The molecule has 2 amide bonds. The van der Waals surface area contributed by atoms with Gasteiger partial charge in [-0.3, -0.25) is 5.32 Å². The number of aliphatic hydroxyl groups is 1. The van der Waals surface area contributed by atoms with E-state index in [9.17, 15) is 9.90 Å². The molecule has 0 unspecified atom stereocenters. The first-order valence-electron chi connectivity index (χ1n) is 6.74. The summed E-state index contributed by atoms with van der Waals surface area (Å²) in [6.07, 6.45) is 0.132. The Morgan fingerprint density at radius 2 is 2.33 bits per heavy atom.